The smallest absolute Gasteiger partial charge is 0.320 e. The predicted molar refractivity (Wildman–Crippen MR) is 83.8 cm³/mol. The van der Waals surface area contributed by atoms with E-state index < -0.39 is 12.0 Å². The molecule has 0 heterocycles. The highest BCUT2D eigenvalue weighted by Crippen LogP contribution is 2.09. The summed E-state index contributed by atoms with van der Waals surface area (Å²) >= 11 is 1.42. The second kappa shape index (κ2) is 11.0. The van der Waals surface area contributed by atoms with Crippen LogP contribution in [0.4, 0.5) is 0 Å². The summed E-state index contributed by atoms with van der Waals surface area (Å²) in [6, 6.07) is -0.636. The number of aliphatic carboxylic acids is 1. The molecular formula is C14H28N2O3S. The standard InChI is InChI=1S/C14H28N2O3S/c1-10(2)5-4-6-11(3)16-13(17)9-20-8-7-12(15)14(18)19/h10-12H,4-9,15H2,1-3H3,(H,16,17)(H,18,19). The van der Waals surface area contributed by atoms with Gasteiger partial charge in [0.25, 0.3) is 0 Å². The van der Waals surface area contributed by atoms with Crippen molar-refractivity contribution < 1.29 is 14.7 Å². The second-order valence-corrected chi connectivity index (χ2v) is 6.68. The average molecular weight is 304 g/mol. The number of carboxylic acid groups (broad SMARTS) is 1. The molecule has 6 heteroatoms. The Morgan fingerprint density at radius 1 is 1.20 bits per heavy atom. The molecule has 0 saturated carbocycles. The van der Waals surface area contributed by atoms with E-state index in [1.165, 1.54) is 18.2 Å². The first kappa shape index (κ1) is 19.2. The highest BCUT2D eigenvalue weighted by Gasteiger charge is 2.12. The Morgan fingerprint density at radius 2 is 1.85 bits per heavy atom. The van der Waals surface area contributed by atoms with Crippen molar-refractivity contribution in [3.63, 3.8) is 0 Å². The lowest BCUT2D eigenvalue weighted by Gasteiger charge is -2.14. The zero-order chi connectivity index (χ0) is 15.5. The Balaban J connectivity index is 3.60. The van der Waals surface area contributed by atoms with Crippen molar-refractivity contribution in [1.29, 1.82) is 0 Å². The van der Waals surface area contributed by atoms with Crippen LogP contribution in [0.15, 0.2) is 0 Å². The van der Waals surface area contributed by atoms with Crippen LogP contribution < -0.4 is 11.1 Å². The third-order valence-corrected chi connectivity index (χ3v) is 3.94. The minimum atomic E-state index is -0.992. The van der Waals surface area contributed by atoms with Gasteiger partial charge in [-0.15, -0.1) is 0 Å². The topological polar surface area (TPSA) is 92.4 Å². The molecule has 0 radical (unpaired) electrons. The molecule has 0 saturated heterocycles. The number of carboxylic acids is 1. The molecule has 0 aromatic rings. The second-order valence-electron chi connectivity index (χ2n) is 5.58. The molecule has 2 unspecified atom stereocenters. The number of rotatable bonds is 11. The van der Waals surface area contributed by atoms with Crippen LogP contribution >= 0.6 is 11.8 Å². The number of nitrogens with two attached hydrogens (primary N) is 1. The summed E-state index contributed by atoms with van der Waals surface area (Å²) in [4.78, 5) is 22.2. The number of carbonyl (C=O) groups is 2. The summed E-state index contributed by atoms with van der Waals surface area (Å²) in [5, 5.41) is 11.6. The Kier molecular flexibility index (Phi) is 10.6. The predicted octanol–water partition coefficient (Wildman–Crippen LogP) is 1.85. The van der Waals surface area contributed by atoms with Gasteiger partial charge in [0.1, 0.15) is 6.04 Å². The van der Waals surface area contributed by atoms with E-state index >= 15 is 0 Å². The maximum Gasteiger partial charge on any atom is 0.320 e. The van der Waals surface area contributed by atoms with Crippen molar-refractivity contribution in [2.24, 2.45) is 11.7 Å². The summed E-state index contributed by atoms with van der Waals surface area (Å²) in [5.41, 5.74) is 5.38. The maximum atomic E-state index is 11.6. The van der Waals surface area contributed by atoms with Crippen LogP contribution in [0.5, 0.6) is 0 Å². The lowest BCUT2D eigenvalue weighted by molar-refractivity contribution is -0.138. The summed E-state index contributed by atoms with van der Waals surface area (Å²) in [6.07, 6.45) is 3.69. The fourth-order valence-corrected chi connectivity index (χ4v) is 2.55. The molecule has 2 atom stereocenters. The van der Waals surface area contributed by atoms with E-state index in [1.807, 2.05) is 6.92 Å². The lowest BCUT2D eigenvalue weighted by Crippen LogP contribution is -2.34. The van der Waals surface area contributed by atoms with E-state index in [-0.39, 0.29) is 11.9 Å². The van der Waals surface area contributed by atoms with E-state index in [4.69, 9.17) is 10.8 Å². The van der Waals surface area contributed by atoms with Gasteiger partial charge < -0.3 is 16.2 Å². The molecule has 4 N–H and O–H groups in total. The maximum absolute atomic E-state index is 11.6. The van der Waals surface area contributed by atoms with Gasteiger partial charge in [-0.1, -0.05) is 26.7 Å². The number of amides is 1. The molecule has 0 aliphatic rings. The van der Waals surface area contributed by atoms with Crippen molar-refractivity contribution >= 4 is 23.6 Å². The Labute approximate surface area is 126 Å². The SMILES string of the molecule is CC(C)CCCC(C)NC(=O)CSCCC(N)C(=O)O. The first-order chi connectivity index (χ1) is 9.32. The summed E-state index contributed by atoms with van der Waals surface area (Å²) < 4.78 is 0. The van der Waals surface area contributed by atoms with Crippen molar-refractivity contribution in [2.45, 2.75) is 58.5 Å². The van der Waals surface area contributed by atoms with Crippen LogP contribution in [0.1, 0.15) is 46.5 Å². The van der Waals surface area contributed by atoms with E-state index in [1.54, 1.807) is 0 Å². The highest BCUT2D eigenvalue weighted by atomic mass is 32.2. The third-order valence-electron chi connectivity index (χ3n) is 2.95. The van der Waals surface area contributed by atoms with Gasteiger partial charge in [-0.2, -0.15) is 11.8 Å². The molecule has 118 valence electrons. The molecule has 0 fully saturated rings. The fourth-order valence-electron chi connectivity index (χ4n) is 1.72. The normalized spacial score (nSPS) is 14.1. The number of nitrogens with one attached hydrogen (secondary N) is 1. The zero-order valence-electron chi connectivity index (χ0n) is 12.7. The monoisotopic (exact) mass is 304 g/mol. The minimum absolute atomic E-state index is 0.0101. The van der Waals surface area contributed by atoms with Gasteiger partial charge in [-0.05, 0) is 31.4 Å². The lowest BCUT2D eigenvalue weighted by atomic mass is 10.0. The number of thioether (sulfide) groups is 1. The van der Waals surface area contributed by atoms with Gasteiger partial charge >= 0.3 is 5.97 Å². The van der Waals surface area contributed by atoms with Crippen molar-refractivity contribution in [1.82, 2.24) is 5.32 Å². The van der Waals surface area contributed by atoms with Gasteiger partial charge in [0.2, 0.25) is 5.91 Å². The van der Waals surface area contributed by atoms with Crippen LogP contribution in [-0.4, -0.2) is 40.6 Å². The molecule has 0 bridgehead atoms. The van der Waals surface area contributed by atoms with Crippen LogP contribution in [-0.2, 0) is 9.59 Å². The molecule has 0 rings (SSSR count). The molecule has 20 heavy (non-hydrogen) atoms. The van der Waals surface area contributed by atoms with Crippen LogP contribution in [0, 0.1) is 5.92 Å². The van der Waals surface area contributed by atoms with Gasteiger partial charge in [-0.3, -0.25) is 9.59 Å². The number of hydrogen-bond donors (Lipinski definition) is 3. The minimum Gasteiger partial charge on any atom is -0.480 e. The average Bonchev–Trinajstić information content (AvgIpc) is 2.33. The van der Waals surface area contributed by atoms with Crippen LogP contribution in [0.3, 0.4) is 0 Å². The van der Waals surface area contributed by atoms with Gasteiger partial charge in [0, 0.05) is 6.04 Å². The van der Waals surface area contributed by atoms with Gasteiger partial charge in [-0.25, -0.2) is 0 Å². The summed E-state index contributed by atoms with van der Waals surface area (Å²) in [7, 11) is 0. The molecule has 5 nitrogen and oxygen atoms in total. The summed E-state index contributed by atoms with van der Waals surface area (Å²) in [6.45, 7) is 6.41. The molecular weight excluding hydrogens is 276 g/mol. The third kappa shape index (κ3) is 11.1. The van der Waals surface area contributed by atoms with Crippen molar-refractivity contribution in [2.75, 3.05) is 11.5 Å². The molecule has 0 aliphatic carbocycles. The summed E-state index contributed by atoms with van der Waals surface area (Å²) in [5.74, 6) is 0.667. The fraction of sp³-hybridized carbons (Fsp3) is 0.857. The van der Waals surface area contributed by atoms with Crippen LogP contribution in [0.25, 0.3) is 0 Å². The molecule has 0 aromatic carbocycles. The van der Waals surface area contributed by atoms with Crippen molar-refractivity contribution in [3.8, 4) is 0 Å². The first-order valence-electron chi connectivity index (χ1n) is 7.18. The molecule has 0 spiro atoms. The van der Waals surface area contributed by atoms with E-state index in [0.29, 0.717) is 23.8 Å². The molecule has 0 aromatic heterocycles. The molecule has 1 amide bonds. The Hall–Kier alpha value is -0.750. The quantitative estimate of drug-likeness (QED) is 0.507. The zero-order valence-corrected chi connectivity index (χ0v) is 13.5. The largest absolute Gasteiger partial charge is 0.480 e. The molecule has 0 aliphatic heterocycles. The van der Waals surface area contributed by atoms with E-state index in [2.05, 4.69) is 19.2 Å². The van der Waals surface area contributed by atoms with Crippen molar-refractivity contribution in [3.05, 3.63) is 0 Å². The Morgan fingerprint density at radius 3 is 2.40 bits per heavy atom. The first-order valence-corrected chi connectivity index (χ1v) is 8.33. The number of hydrogen-bond acceptors (Lipinski definition) is 4. The van der Waals surface area contributed by atoms with E-state index in [0.717, 1.165) is 12.8 Å². The van der Waals surface area contributed by atoms with Crippen LogP contribution in [0.2, 0.25) is 0 Å². The van der Waals surface area contributed by atoms with E-state index in [9.17, 15) is 9.59 Å². The number of carbonyl (C=O) groups excluding carboxylic acids is 1. The Bertz CT molecular complexity index is 298. The highest BCUT2D eigenvalue weighted by molar-refractivity contribution is 7.99. The van der Waals surface area contributed by atoms with Gasteiger partial charge in [0.15, 0.2) is 0 Å². The van der Waals surface area contributed by atoms with Gasteiger partial charge in [0.05, 0.1) is 5.75 Å².